The molecule has 1 unspecified atom stereocenters. The van der Waals surface area contributed by atoms with Gasteiger partial charge in [-0.25, -0.2) is 0 Å². The van der Waals surface area contributed by atoms with Crippen LogP contribution in [0.4, 0.5) is 0 Å². The van der Waals surface area contributed by atoms with E-state index in [9.17, 15) is 0 Å². The second-order valence-corrected chi connectivity index (χ2v) is 2.80. The molecular weight excluding hydrogens is 152 g/mol. The van der Waals surface area contributed by atoms with Gasteiger partial charge in [-0.2, -0.15) is 0 Å². The van der Waals surface area contributed by atoms with E-state index in [1.807, 2.05) is 19.1 Å². The van der Waals surface area contributed by atoms with Crippen molar-refractivity contribution < 1.29 is 9.47 Å². The van der Waals surface area contributed by atoms with Crippen LogP contribution in [0, 0.1) is 0 Å². The molecule has 0 bridgehead atoms. The van der Waals surface area contributed by atoms with Crippen LogP contribution in [0.3, 0.4) is 0 Å². The molecule has 0 aliphatic heterocycles. The summed E-state index contributed by atoms with van der Waals surface area (Å²) in [5.74, 6) is 0. The van der Waals surface area contributed by atoms with Gasteiger partial charge >= 0.3 is 0 Å². The number of hydrogen-bond donors (Lipinski definition) is 0. The number of methoxy groups -OCH3 is 1. The Hall–Kier alpha value is -0.340. The summed E-state index contributed by atoms with van der Waals surface area (Å²) in [6, 6.07) is 0. The van der Waals surface area contributed by atoms with Crippen LogP contribution in [0.1, 0.15) is 26.7 Å². The molecule has 0 heterocycles. The van der Waals surface area contributed by atoms with Crippen LogP contribution in [-0.4, -0.2) is 26.4 Å². The molecule has 2 heteroatoms. The lowest BCUT2D eigenvalue weighted by molar-refractivity contribution is 0.147. The molecule has 1 atom stereocenters. The molecule has 0 radical (unpaired) electrons. The molecule has 0 spiro atoms. The fraction of sp³-hybridized carbons (Fsp3) is 0.800. The van der Waals surface area contributed by atoms with Gasteiger partial charge in [0.1, 0.15) is 0 Å². The Bertz CT molecular complexity index is 110. The molecule has 0 fully saturated rings. The predicted molar refractivity (Wildman–Crippen MR) is 51.3 cm³/mol. The highest BCUT2D eigenvalue weighted by atomic mass is 16.5. The lowest BCUT2D eigenvalue weighted by Crippen LogP contribution is -2.00. The Morgan fingerprint density at radius 1 is 1.42 bits per heavy atom. The van der Waals surface area contributed by atoms with E-state index >= 15 is 0 Å². The van der Waals surface area contributed by atoms with Crippen LogP contribution >= 0.6 is 0 Å². The molecule has 0 amide bonds. The smallest absolute Gasteiger partial charge is 0.0724 e. The quantitative estimate of drug-likeness (QED) is 0.433. The monoisotopic (exact) mass is 172 g/mol. The molecule has 0 rings (SSSR count). The minimum atomic E-state index is 0.194. The summed E-state index contributed by atoms with van der Waals surface area (Å²) in [6.07, 6.45) is 6.54. The number of rotatable bonds is 7. The molecule has 0 N–H and O–H groups in total. The van der Waals surface area contributed by atoms with Crippen molar-refractivity contribution in [3.63, 3.8) is 0 Å². The Morgan fingerprint density at radius 3 is 2.75 bits per heavy atom. The summed E-state index contributed by atoms with van der Waals surface area (Å²) >= 11 is 0. The van der Waals surface area contributed by atoms with E-state index in [4.69, 9.17) is 9.47 Å². The van der Waals surface area contributed by atoms with Crippen molar-refractivity contribution >= 4 is 0 Å². The minimum Gasteiger partial charge on any atom is -0.378 e. The van der Waals surface area contributed by atoms with Crippen LogP contribution in [-0.2, 0) is 9.47 Å². The Balaban J connectivity index is 3.12. The van der Waals surface area contributed by atoms with Crippen molar-refractivity contribution in [1.82, 2.24) is 0 Å². The standard InChI is InChI=1S/C10H20O2/c1-4-5-8-12-9-6-7-10(2)11-3/h6-7,10H,4-5,8-9H2,1-3H3. The zero-order valence-electron chi connectivity index (χ0n) is 8.38. The van der Waals surface area contributed by atoms with Gasteiger partial charge in [-0.3, -0.25) is 0 Å². The summed E-state index contributed by atoms with van der Waals surface area (Å²) < 4.78 is 10.4. The Labute approximate surface area is 75.6 Å². The second-order valence-electron chi connectivity index (χ2n) is 2.80. The third kappa shape index (κ3) is 7.76. The van der Waals surface area contributed by atoms with Gasteiger partial charge in [0.05, 0.1) is 12.7 Å². The zero-order chi connectivity index (χ0) is 9.23. The molecule has 72 valence electrons. The van der Waals surface area contributed by atoms with Crippen LogP contribution in [0.15, 0.2) is 12.2 Å². The van der Waals surface area contributed by atoms with Crippen molar-refractivity contribution in [3.05, 3.63) is 12.2 Å². The van der Waals surface area contributed by atoms with Crippen LogP contribution in [0.25, 0.3) is 0 Å². The second kappa shape index (κ2) is 8.75. The fourth-order valence-electron chi connectivity index (χ4n) is 0.724. The maximum absolute atomic E-state index is 5.33. The fourth-order valence-corrected chi connectivity index (χ4v) is 0.724. The number of ether oxygens (including phenoxy) is 2. The maximum atomic E-state index is 5.33. The first kappa shape index (κ1) is 11.7. The Morgan fingerprint density at radius 2 is 2.17 bits per heavy atom. The highest BCUT2D eigenvalue weighted by Crippen LogP contribution is 1.91. The van der Waals surface area contributed by atoms with Gasteiger partial charge in [-0.1, -0.05) is 25.5 Å². The van der Waals surface area contributed by atoms with Crippen molar-refractivity contribution in [2.75, 3.05) is 20.3 Å². The molecule has 0 aromatic rings. The average Bonchev–Trinajstić information content (AvgIpc) is 2.10. The predicted octanol–water partition coefficient (Wildman–Crippen LogP) is 2.39. The number of unbranched alkanes of at least 4 members (excludes halogenated alkanes) is 1. The van der Waals surface area contributed by atoms with Crippen molar-refractivity contribution in [2.45, 2.75) is 32.8 Å². The van der Waals surface area contributed by atoms with Gasteiger partial charge in [0, 0.05) is 13.7 Å². The van der Waals surface area contributed by atoms with Gasteiger partial charge in [-0.05, 0) is 13.3 Å². The minimum absolute atomic E-state index is 0.194. The topological polar surface area (TPSA) is 18.5 Å². The first-order chi connectivity index (χ1) is 5.81. The molecule has 0 aliphatic carbocycles. The highest BCUT2D eigenvalue weighted by Gasteiger charge is 1.89. The molecule has 2 nitrogen and oxygen atoms in total. The molecular formula is C10H20O2. The van der Waals surface area contributed by atoms with E-state index in [0.717, 1.165) is 13.0 Å². The van der Waals surface area contributed by atoms with E-state index in [1.165, 1.54) is 6.42 Å². The lowest BCUT2D eigenvalue weighted by atomic mass is 10.3. The lowest BCUT2D eigenvalue weighted by Gasteiger charge is -2.02. The summed E-state index contributed by atoms with van der Waals surface area (Å²) in [5, 5.41) is 0. The van der Waals surface area contributed by atoms with Crippen LogP contribution < -0.4 is 0 Å². The molecule has 0 aromatic heterocycles. The molecule has 0 aliphatic rings. The van der Waals surface area contributed by atoms with E-state index in [0.29, 0.717) is 6.61 Å². The summed E-state index contributed by atoms with van der Waals surface area (Å²) in [5.41, 5.74) is 0. The van der Waals surface area contributed by atoms with Gasteiger partial charge in [0.2, 0.25) is 0 Å². The molecule has 0 aromatic carbocycles. The first-order valence-corrected chi connectivity index (χ1v) is 4.58. The zero-order valence-corrected chi connectivity index (χ0v) is 8.38. The molecule has 0 saturated heterocycles. The first-order valence-electron chi connectivity index (χ1n) is 4.58. The van der Waals surface area contributed by atoms with E-state index < -0.39 is 0 Å². The van der Waals surface area contributed by atoms with Gasteiger partial charge in [0.25, 0.3) is 0 Å². The van der Waals surface area contributed by atoms with E-state index in [-0.39, 0.29) is 6.10 Å². The highest BCUT2D eigenvalue weighted by molar-refractivity contribution is 4.86. The SMILES string of the molecule is CCCCOCC=CC(C)OC. The number of hydrogen-bond acceptors (Lipinski definition) is 2. The normalized spacial score (nSPS) is 13.9. The van der Waals surface area contributed by atoms with Crippen LogP contribution in [0.2, 0.25) is 0 Å². The van der Waals surface area contributed by atoms with Crippen molar-refractivity contribution in [2.24, 2.45) is 0 Å². The largest absolute Gasteiger partial charge is 0.378 e. The molecule has 0 saturated carbocycles. The van der Waals surface area contributed by atoms with E-state index in [2.05, 4.69) is 6.92 Å². The third-order valence-corrected chi connectivity index (χ3v) is 1.64. The summed E-state index contributed by atoms with van der Waals surface area (Å²) in [4.78, 5) is 0. The summed E-state index contributed by atoms with van der Waals surface area (Å²) in [7, 11) is 1.70. The van der Waals surface area contributed by atoms with Gasteiger partial charge < -0.3 is 9.47 Å². The van der Waals surface area contributed by atoms with Crippen molar-refractivity contribution in [1.29, 1.82) is 0 Å². The maximum Gasteiger partial charge on any atom is 0.0724 e. The average molecular weight is 172 g/mol. The Kier molecular flexibility index (Phi) is 8.51. The summed E-state index contributed by atoms with van der Waals surface area (Å²) in [6.45, 7) is 5.73. The van der Waals surface area contributed by atoms with Crippen LogP contribution in [0.5, 0.6) is 0 Å². The van der Waals surface area contributed by atoms with E-state index in [1.54, 1.807) is 7.11 Å². The van der Waals surface area contributed by atoms with Crippen molar-refractivity contribution in [3.8, 4) is 0 Å². The van der Waals surface area contributed by atoms with Gasteiger partial charge in [0.15, 0.2) is 0 Å². The molecule has 12 heavy (non-hydrogen) atoms. The van der Waals surface area contributed by atoms with Gasteiger partial charge in [-0.15, -0.1) is 0 Å². The third-order valence-electron chi connectivity index (χ3n) is 1.64.